The molecule has 2 aromatic carbocycles. The molecule has 3 aromatic rings. The molecule has 5 nitrogen and oxygen atoms in total. The number of methoxy groups -OCH3 is 1. The molecule has 0 aliphatic heterocycles. The Bertz CT molecular complexity index is 1050. The molecule has 0 saturated carbocycles. The van der Waals surface area contributed by atoms with Gasteiger partial charge in [0.05, 0.1) is 18.7 Å². The molecule has 0 saturated heterocycles. The average molecular weight is 365 g/mol. The van der Waals surface area contributed by atoms with Gasteiger partial charge < -0.3 is 14.6 Å². The number of hydrogen-bond donors (Lipinski definition) is 1. The van der Waals surface area contributed by atoms with Crippen LogP contribution in [0.2, 0.25) is 0 Å². The van der Waals surface area contributed by atoms with Gasteiger partial charge in [0.1, 0.15) is 17.2 Å². The van der Waals surface area contributed by atoms with E-state index in [-0.39, 0.29) is 5.82 Å². The second kappa shape index (κ2) is 7.50. The number of aryl methyl sites for hydroxylation is 1. The van der Waals surface area contributed by atoms with Crippen molar-refractivity contribution in [3.8, 4) is 6.07 Å². The van der Waals surface area contributed by atoms with Gasteiger partial charge in [0.25, 0.3) is 0 Å². The molecular weight excluding hydrogens is 345 g/mol. The summed E-state index contributed by atoms with van der Waals surface area (Å²) in [7, 11) is 1.32. The molecule has 0 atom stereocenters. The monoisotopic (exact) mass is 365 g/mol. The SMILES string of the molecule is CCc1ccc(N(CC)c2[nH]c3cc(C#N)ccc3c2C(=O)OC)cc1F. The molecule has 1 N–H and O–H groups in total. The molecule has 0 fully saturated rings. The highest BCUT2D eigenvalue weighted by atomic mass is 19.1. The highest BCUT2D eigenvalue weighted by Gasteiger charge is 2.24. The maximum Gasteiger partial charge on any atom is 0.342 e. The number of ether oxygens (including phenoxy) is 1. The summed E-state index contributed by atoms with van der Waals surface area (Å²) in [6.07, 6.45) is 0.606. The van der Waals surface area contributed by atoms with E-state index in [1.165, 1.54) is 13.2 Å². The number of halogens is 1. The Morgan fingerprint density at radius 1 is 1.26 bits per heavy atom. The van der Waals surface area contributed by atoms with Crippen molar-refractivity contribution >= 4 is 28.4 Å². The number of hydrogen-bond acceptors (Lipinski definition) is 4. The predicted octanol–water partition coefficient (Wildman–Crippen LogP) is 4.69. The van der Waals surface area contributed by atoms with Gasteiger partial charge in [-0.15, -0.1) is 0 Å². The zero-order chi connectivity index (χ0) is 19.6. The van der Waals surface area contributed by atoms with E-state index in [1.54, 1.807) is 24.3 Å². The number of carbonyl (C=O) groups is 1. The number of benzene rings is 2. The number of fused-ring (bicyclic) bond motifs is 1. The van der Waals surface area contributed by atoms with E-state index in [0.29, 0.717) is 52.1 Å². The number of carbonyl (C=O) groups excluding carboxylic acids is 1. The van der Waals surface area contributed by atoms with Crippen LogP contribution in [0, 0.1) is 17.1 Å². The van der Waals surface area contributed by atoms with Crippen molar-refractivity contribution < 1.29 is 13.9 Å². The van der Waals surface area contributed by atoms with Crippen LogP contribution in [0.5, 0.6) is 0 Å². The number of nitrogens with one attached hydrogen (secondary N) is 1. The van der Waals surface area contributed by atoms with Gasteiger partial charge in [0.15, 0.2) is 0 Å². The van der Waals surface area contributed by atoms with Crippen LogP contribution in [0.4, 0.5) is 15.9 Å². The van der Waals surface area contributed by atoms with E-state index in [4.69, 9.17) is 10.00 Å². The number of anilines is 2. The molecular formula is C21H20FN3O2. The average Bonchev–Trinajstić information content (AvgIpc) is 3.06. The van der Waals surface area contributed by atoms with E-state index < -0.39 is 5.97 Å². The Kier molecular flexibility index (Phi) is 5.13. The summed E-state index contributed by atoms with van der Waals surface area (Å²) in [5.74, 6) is -0.265. The fourth-order valence-electron chi connectivity index (χ4n) is 3.22. The van der Waals surface area contributed by atoms with E-state index in [1.807, 2.05) is 24.8 Å². The molecule has 0 aliphatic rings. The van der Waals surface area contributed by atoms with Crippen molar-refractivity contribution in [2.45, 2.75) is 20.3 Å². The van der Waals surface area contributed by atoms with Crippen molar-refractivity contribution in [1.82, 2.24) is 4.98 Å². The molecule has 0 amide bonds. The third-order valence-electron chi connectivity index (χ3n) is 4.61. The molecule has 1 heterocycles. The number of aromatic nitrogens is 1. The normalized spacial score (nSPS) is 10.6. The lowest BCUT2D eigenvalue weighted by Crippen LogP contribution is -2.19. The number of rotatable bonds is 5. The summed E-state index contributed by atoms with van der Waals surface area (Å²) in [4.78, 5) is 17.5. The standard InChI is InChI=1S/C21H20FN3O2/c1-4-14-7-8-15(11-17(14)22)25(5-2)20-19(21(26)27-3)16-9-6-13(12-23)10-18(16)24-20/h6-11,24H,4-5H2,1-3H3. The van der Waals surface area contributed by atoms with Gasteiger partial charge in [-0.2, -0.15) is 5.26 Å². The van der Waals surface area contributed by atoms with Crippen LogP contribution < -0.4 is 4.90 Å². The summed E-state index contributed by atoms with van der Waals surface area (Å²) < 4.78 is 19.3. The van der Waals surface area contributed by atoms with E-state index in [9.17, 15) is 9.18 Å². The van der Waals surface area contributed by atoms with Crippen molar-refractivity contribution in [3.63, 3.8) is 0 Å². The van der Waals surface area contributed by atoms with Crippen molar-refractivity contribution in [2.24, 2.45) is 0 Å². The van der Waals surface area contributed by atoms with Crippen LogP contribution in [-0.4, -0.2) is 24.6 Å². The molecule has 27 heavy (non-hydrogen) atoms. The minimum atomic E-state index is -0.495. The Balaban J connectivity index is 2.22. The molecule has 0 spiro atoms. The van der Waals surface area contributed by atoms with Gasteiger partial charge in [-0.1, -0.05) is 19.1 Å². The van der Waals surface area contributed by atoms with Crippen LogP contribution >= 0.6 is 0 Å². The quantitative estimate of drug-likeness (QED) is 0.666. The van der Waals surface area contributed by atoms with E-state index in [0.717, 1.165) is 0 Å². The molecule has 0 aliphatic carbocycles. The number of H-pyrrole nitrogens is 1. The Morgan fingerprint density at radius 3 is 2.63 bits per heavy atom. The van der Waals surface area contributed by atoms with Gasteiger partial charge >= 0.3 is 5.97 Å². The highest BCUT2D eigenvalue weighted by Crippen LogP contribution is 2.35. The summed E-state index contributed by atoms with van der Waals surface area (Å²) in [6.45, 7) is 4.32. The number of esters is 1. The lowest BCUT2D eigenvalue weighted by Gasteiger charge is -2.23. The third kappa shape index (κ3) is 3.24. The molecule has 3 rings (SSSR count). The lowest BCUT2D eigenvalue weighted by atomic mass is 10.1. The molecule has 0 bridgehead atoms. The minimum Gasteiger partial charge on any atom is -0.465 e. The predicted molar refractivity (Wildman–Crippen MR) is 103 cm³/mol. The third-order valence-corrected chi connectivity index (χ3v) is 4.61. The first-order valence-corrected chi connectivity index (χ1v) is 8.74. The summed E-state index contributed by atoms with van der Waals surface area (Å²) in [5.41, 5.74) is 2.75. The minimum absolute atomic E-state index is 0.282. The molecule has 0 unspecified atom stereocenters. The first-order valence-electron chi connectivity index (χ1n) is 8.74. The second-order valence-corrected chi connectivity index (χ2v) is 6.09. The first-order chi connectivity index (χ1) is 13.0. The van der Waals surface area contributed by atoms with Crippen LogP contribution in [0.1, 0.15) is 35.3 Å². The van der Waals surface area contributed by atoms with Crippen molar-refractivity contribution in [2.75, 3.05) is 18.6 Å². The summed E-state index contributed by atoms with van der Waals surface area (Å²) in [6, 6.07) is 12.2. The Labute approximate surface area is 157 Å². The second-order valence-electron chi connectivity index (χ2n) is 6.09. The molecule has 1 aromatic heterocycles. The lowest BCUT2D eigenvalue weighted by molar-refractivity contribution is 0.0604. The van der Waals surface area contributed by atoms with Gasteiger partial charge in [0.2, 0.25) is 0 Å². The van der Waals surface area contributed by atoms with Crippen molar-refractivity contribution in [1.29, 1.82) is 5.26 Å². The topological polar surface area (TPSA) is 69.1 Å². The van der Waals surface area contributed by atoms with Gasteiger partial charge in [0, 0.05) is 23.1 Å². The molecule has 138 valence electrons. The largest absolute Gasteiger partial charge is 0.465 e. The van der Waals surface area contributed by atoms with Gasteiger partial charge in [-0.25, -0.2) is 9.18 Å². The Morgan fingerprint density at radius 2 is 2.04 bits per heavy atom. The Hall–Kier alpha value is -3.33. The van der Waals surface area contributed by atoms with Crippen LogP contribution in [-0.2, 0) is 11.2 Å². The van der Waals surface area contributed by atoms with E-state index in [2.05, 4.69) is 11.1 Å². The van der Waals surface area contributed by atoms with Gasteiger partial charge in [-0.3, -0.25) is 0 Å². The first kappa shape index (κ1) is 18.5. The number of nitriles is 1. The van der Waals surface area contributed by atoms with Gasteiger partial charge in [-0.05, 0) is 43.2 Å². The molecule has 0 radical (unpaired) electrons. The number of aromatic amines is 1. The maximum absolute atomic E-state index is 14.3. The summed E-state index contributed by atoms with van der Waals surface area (Å²) in [5, 5.41) is 9.79. The fourth-order valence-corrected chi connectivity index (χ4v) is 3.22. The van der Waals surface area contributed by atoms with Crippen LogP contribution in [0.3, 0.4) is 0 Å². The summed E-state index contributed by atoms with van der Waals surface area (Å²) >= 11 is 0. The zero-order valence-corrected chi connectivity index (χ0v) is 15.5. The van der Waals surface area contributed by atoms with Crippen molar-refractivity contribution in [3.05, 3.63) is 58.9 Å². The van der Waals surface area contributed by atoms with Crippen LogP contribution in [0.15, 0.2) is 36.4 Å². The smallest absolute Gasteiger partial charge is 0.342 e. The molecule has 6 heteroatoms. The van der Waals surface area contributed by atoms with Crippen LogP contribution in [0.25, 0.3) is 10.9 Å². The number of nitrogens with zero attached hydrogens (tertiary/aromatic N) is 2. The van der Waals surface area contributed by atoms with E-state index >= 15 is 0 Å². The maximum atomic E-state index is 14.3. The zero-order valence-electron chi connectivity index (χ0n) is 15.5. The fraction of sp³-hybridized carbons (Fsp3) is 0.238. The highest BCUT2D eigenvalue weighted by molar-refractivity contribution is 6.10.